The van der Waals surface area contributed by atoms with Crippen molar-refractivity contribution in [1.82, 2.24) is 4.90 Å². The number of halogens is 3. The van der Waals surface area contributed by atoms with Gasteiger partial charge in [-0.25, -0.2) is 4.79 Å². The fourth-order valence-electron chi connectivity index (χ4n) is 3.25. The van der Waals surface area contributed by atoms with Gasteiger partial charge in [0.25, 0.3) is 0 Å². The largest absolute Gasteiger partial charge is 0.416 e. The zero-order valence-electron chi connectivity index (χ0n) is 15.4. The minimum Gasteiger partial charge on any atom is -0.376 e. The van der Waals surface area contributed by atoms with Crippen LogP contribution >= 0.6 is 0 Å². The van der Waals surface area contributed by atoms with Gasteiger partial charge >= 0.3 is 12.2 Å². The second-order valence-electron chi connectivity index (χ2n) is 6.96. The van der Waals surface area contributed by atoms with Crippen molar-refractivity contribution < 1.29 is 22.7 Å². The molecule has 0 bridgehead atoms. The number of anilines is 1. The summed E-state index contributed by atoms with van der Waals surface area (Å²) < 4.78 is 43.6. The van der Waals surface area contributed by atoms with Crippen LogP contribution in [0.5, 0.6) is 0 Å². The van der Waals surface area contributed by atoms with E-state index in [9.17, 15) is 18.0 Å². The summed E-state index contributed by atoms with van der Waals surface area (Å²) in [5, 5.41) is 2.67. The molecule has 0 aromatic heterocycles. The van der Waals surface area contributed by atoms with Gasteiger partial charge in [0.1, 0.15) is 0 Å². The van der Waals surface area contributed by atoms with E-state index in [0.717, 1.165) is 30.5 Å². The Morgan fingerprint density at radius 1 is 1.11 bits per heavy atom. The highest BCUT2D eigenvalue weighted by Crippen LogP contribution is 2.30. The van der Waals surface area contributed by atoms with Crippen LogP contribution in [0, 0.1) is 5.92 Å². The van der Waals surface area contributed by atoms with Crippen LogP contribution in [-0.4, -0.2) is 30.6 Å². The number of ether oxygens (including phenoxy) is 1. The number of carbonyl (C=O) groups is 1. The van der Waals surface area contributed by atoms with Crippen molar-refractivity contribution in [1.29, 1.82) is 0 Å². The Morgan fingerprint density at radius 2 is 1.82 bits per heavy atom. The predicted molar refractivity (Wildman–Crippen MR) is 101 cm³/mol. The lowest BCUT2D eigenvalue weighted by molar-refractivity contribution is -0.137. The van der Waals surface area contributed by atoms with E-state index < -0.39 is 11.7 Å². The third-order valence-corrected chi connectivity index (χ3v) is 4.73. The van der Waals surface area contributed by atoms with Gasteiger partial charge in [0.05, 0.1) is 18.8 Å². The van der Waals surface area contributed by atoms with E-state index in [2.05, 4.69) is 5.32 Å². The minimum atomic E-state index is -4.39. The Balaban J connectivity index is 1.47. The van der Waals surface area contributed by atoms with Gasteiger partial charge in [0.15, 0.2) is 0 Å². The summed E-state index contributed by atoms with van der Waals surface area (Å²) in [4.78, 5) is 14.1. The Hall–Kier alpha value is -2.54. The summed E-state index contributed by atoms with van der Waals surface area (Å²) in [5.74, 6) is 0.246. The van der Waals surface area contributed by atoms with E-state index in [1.807, 2.05) is 30.3 Å². The standard InChI is InChI=1S/C21H23F3N2O2/c22-21(23,24)18-8-10-19(11-9-18)25-20(27)26-12-4-7-17(13-26)15-28-14-16-5-2-1-3-6-16/h1-3,5-6,8-11,17H,4,7,12-15H2,(H,25,27). The first kappa shape index (κ1) is 20.2. The molecule has 1 unspecified atom stereocenters. The molecular formula is C21H23F3N2O2. The molecule has 2 aromatic carbocycles. The molecule has 150 valence electrons. The van der Waals surface area contributed by atoms with Gasteiger partial charge in [-0.05, 0) is 42.7 Å². The fraction of sp³-hybridized carbons (Fsp3) is 0.381. The predicted octanol–water partition coefficient (Wildman–Crippen LogP) is 5.17. The van der Waals surface area contributed by atoms with Gasteiger partial charge in [-0.1, -0.05) is 30.3 Å². The maximum Gasteiger partial charge on any atom is 0.416 e. The first-order valence-electron chi connectivity index (χ1n) is 9.26. The van der Waals surface area contributed by atoms with Crippen molar-refractivity contribution in [3.63, 3.8) is 0 Å². The molecule has 1 saturated heterocycles. The molecule has 0 radical (unpaired) electrons. The van der Waals surface area contributed by atoms with E-state index in [-0.39, 0.29) is 11.9 Å². The van der Waals surface area contributed by atoms with Crippen LogP contribution in [0.1, 0.15) is 24.0 Å². The summed E-state index contributed by atoms with van der Waals surface area (Å²) in [7, 11) is 0. The molecule has 3 rings (SSSR count). The Kier molecular flexibility index (Phi) is 6.57. The Morgan fingerprint density at radius 3 is 2.50 bits per heavy atom. The van der Waals surface area contributed by atoms with Gasteiger partial charge < -0.3 is 15.0 Å². The number of nitrogens with one attached hydrogen (secondary N) is 1. The number of piperidine rings is 1. The Labute approximate surface area is 162 Å². The summed E-state index contributed by atoms with van der Waals surface area (Å²) in [6, 6.07) is 14.1. The number of benzene rings is 2. The number of alkyl halides is 3. The molecule has 1 aliphatic rings. The maximum absolute atomic E-state index is 12.6. The summed E-state index contributed by atoms with van der Waals surface area (Å²) in [5.41, 5.74) is 0.717. The van der Waals surface area contributed by atoms with E-state index in [1.165, 1.54) is 12.1 Å². The number of amides is 2. The molecule has 1 heterocycles. The van der Waals surface area contributed by atoms with Crippen molar-refractivity contribution in [2.45, 2.75) is 25.6 Å². The summed E-state index contributed by atoms with van der Waals surface area (Å²) in [6.45, 7) is 2.30. The van der Waals surface area contributed by atoms with Gasteiger partial charge in [-0.2, -0.15) is 13.2 Å². The summed E-state index contributed by atoms with van der Waals surface area (Å²) >= 11 is 0. The van der Waals surface area contributed by atoms with Crippen molar-refractivity contribution in [3.05, 3.63) is 65.7 Å². The number of carbonyl (C=O) groups excluding carboxylic acids is 1. The number of hydrogen-bond acceptors (Lipinski definition) is 2. The Bertz CT molecular complexity index is 763. The van der Waals surface area contributed by atoms with Crippen LogP contribution in [-0.2, 0) is 17.5 Å². The van der Waals surface area contributed by atoms with E-state index in [4.69, 9.17) is 4.74 Å². The number of rotatable bonds is 5. The van der Waals surface area contributed by atoms with Crippen molar-refractivity contribution in [2.24, 2.45) is 5.92 Å². The summed E-state index contributed by atoms with van der Waals surface area (Å²) in [6.07, 6.45) is -2.53. The molecule has 2 amide bonds. The molecule has 1 atom stereocenters. The lowest BCUT2D eigenvalue weighted by Crippen LogP contribution is -2.43. The SMILES string of the molecule is O=C(Nc1ccc(C(F)(F)F)cc1)N1CCCC(COCc2ccccc2)C1. The van der Waals surface area contributed by atoms with Crippen LogP contribution in [0.15, 0.2) is 54.6 Å². The van der Waals surface area contributed by atoms with Crippen LogP contribution < -0.4 is 5.32 Å². The second-order valence-corrected chi connectivity index (χ2v) is 6.96. The molecule has 1 aliphatic heterocycles. The molecule has 4 nitrogen and oxygen atoms in total. The highest BCUT2D eigenvalue weighted by atomic mass is 19.4. The zero-order valence-corrected chi connectivity index (χ0v) is 15.4. The molecule has 2 aromatic rings. The van der Waals surface area contributed by atoms with Crippen molar-refractivity contribution in [3.8, 4) is 0 Å². The fourth-order valence-corrected chi connectivity index (χ4v) is 3.25. The van der Waals surface area contributed by atoms with E-state index >= 15 is 0 Å². The van der Waals surface area contributed by atoms with Crippen LogP contribution in [0.25, 0.3) is 0 Å². The zero-order chi connectivity index (χ0) is 20.0. The third-order valence-electron chi connectivity index (χ3n) is 4.73. The molecule has 0 aliphatic carbocycles. The van der Waals surface area contributed by atoms with Gasteiger partial charge in [0, 0.05) is 24.7 Å². The van der Waals surface area contributed by atoms with E-state index in [1.54, 1.807) is 4.90 Å². The number of likely N-dealkylation sites (tertiary alicyclic amines) is 1. The highest BCUT2D eigenvalue weighted by Gasteiger charge is 2.30. The monoisotopic (exact) mass is 392 g/mol. The first-order valence-corrected chi connectivity index (χ1v) is 9.26. The average molecular weight is 392 g/mol. The highest BCUT2D eigenvalue weighted by molar-refractivity contribution is 5.89. The van der Waals surface area contributed by atoms with Crippen LogP contribution in [0.4, 0.5) is 23.7 Å². The van der Waals surface area contributed by atoms with Crippen LogP contribution in [0.2, 0.25) is 0 Å². The normalized spacial score (nSPS) is 17.4. The molecule has 7 heteroatoms. The lowest BCUT2D eigenvalue weighted by atomic mass is 9.99. The van der Waals surface area contributed by atoms with Crippen LogP contribution in [0.3, 0.4) is 0 Å². The van der Waals surface area contributed by atoms with Crippen molar-refractivity contribution in [2.75, 3.05) is 25.0 Å². The first-order chi connectivity index (χ1) is 13.4. The smallest absolute Gasteiger partial charge is 0.376 e. The molecule has 28 heavy (non-hydrogen) atoms. The molecule has 0 saturated carbocycles. The lowest BCUT2D eigenvalue weighted by Gasteiger charge is -2.32. The molecule has 1 fully saturated rings. The van der Waals surface area contributed by atoms with Gasteiger partial charge in [0.2, 0.25) is 0 Å². The third kappa shape index (κ3) is 5.73. The van der Waals surface area contributed by atoms with E-state index in [0.29, 0.717) is 32.0 Å². The minimum absolute atomic E-state index is 0.246. The average Bonchev–Trinajstić information content (AvgIpc) is 2.69. The van der Waals surface area contributed by atoms with Crippen molar-refractivity contribution >= 4 is 11.7 Å². The topological polar surface area (TPSA) is 41.6 Å². The maximum atomic E-state index is 12.6. The van der Waals surface area contributed by atoms with Gasteiger partial charge in [-0.3, -0.25) is 0 Å². The second kappa shape index (κ2) is 9.10. The molecule has 0 spiro atoms. The quantitative estimate of drug-likeness (QED) is 0.763. The molecule has 1 N–H and O–H groups in total. The number of hydrogen-bond donors (Lipinski definition) is 1. The van der Waals surface area contributed by atoms with Gasteiger partial charge in [-0.15, -0.1) is 0 Å². The number of nitrogens with zero attached hydrogens (tertiary/aromatic N) is 1. The number of urea groups is 1. The molecular weight excluding hydrogens is 369 g/mol.